The fourth-order valence-corrected chi connectivity index (χ4v) is 3.33. The Morgan fingerprint density at radius 3 is 2.56 bits per heavy atom. The van der Waals surface area contributed by atoms with E-state index in [1.54, 1.807) is 6.07 Å². The average Bonchev–Trinajstić information content (AvgIpc) is 2.71. The average molecular weight is 271 g/mol. The standard InChI is InChI=1S/C13H21NO3S/c1-10-7-13(2,3)9-14(10)8-11-5-6-12(17-11)18(4,15)16/h5-6,10H,7-9H2,1-4H3. The van der Waals surface area contributed by atoms with Crippen molar-refractivity contribution in [2.24, 2.45) is 5.41 Å². The predicted octanol–water partition coefficient (Wildman–Crippen LogP) is 2.30. The van der Waals surface area contributed by atoms with Gasteiger partial charge < -0.3 is 4.42 Å². The molecule has 1 unspecified atom stereocenters. The van der Waals surface area contributed by atoms with Crippen molar-refractivity contribution in [3.8, 4) is 0 Å². The minimum atomic E-state index is -3.24. The molecule has 0 N–H and O–H groups in total. The highest BCUT2D eigenvalue weighted by Crippen LogP contribution is 2.34. The molecule has 1 aliphatic rings. The molecule has 0 radical (unpaired) electrons. The number of hydrogen-bond donors (Lipinski definition) is 0. The van der Waals surface area contributed by atoms with Crippen LogP contribution in [-0.2, 0) is 16.4 Å². The van der Waals surface area contributed by atoms with Crippen LogP contribution in [0.3, 0.4) is 0 Å². The molecule has 18 heavy (non-hydrogen) atoms. The van der Waals surface area contributed by atoms with E-state index < -0.39 is 9.84 Å². The van der Waals surface area contributed by atoms with Crippen LogP contribution >= 0.6 is 0 Å². The van der Waals surface area contributed by atoms with Gasteiger partial charge in [0.25, 0.3) is 0 Å². The van der Waals surface area contributed by atoms with Crippen molar-refractivity contribution < 1.29 is 12.8 Å². The molecule has 0 saturated carbocycles. The van der Waals surface area contributed by atoms with Crippen LogP contribution in [-0.4, -0.2) is 32.2 Å². The van der Waals surface area contributed by atoms with Crippen molar-refractivity contribution >= 4 is 9.84 Å². The molecule has 0 aromatic carbocycles. The number of furan rings is 1. The molecule has 1 saturated heterocycles. The number of nitrogens with zero attached hydrogens (tertiary/aromatic N) is 1. The quantitative estimate of drug-likeness (QED) is 0.846. The van der Waals surface area contributed by atoms with Crippen molar-refractivity contribution in [2.45, 2.75) is 44.9 Å². The SMILES string of the molecule is CC1CC(C)(C)CN1Cc1ccc(S(C)(=O)=O)o1. The van der Waals surface area contributed by atoms with Gasteiger partial charge in [-0.05, 0) is 30.9 Å². The van der Waals surface area contributed by atoms with Gasteiger partial charge in [-0.2, -0.15) is 0 Å². The van der Waals surface area contributed by atoms with Crippen LogP contribution in [0, 0.1) is 5.41 Å². The van der Waals surface area contributed by atoms with Gasteiger partial charge in [0, 0.05) is 18.8 Å². The predicted molar refractivity (Wildman–Crippen MR) is 70.1 cm³/mol. The summed E-state index contributed by atoms with van der Waals surface area (Å²) >= 11 is 0. The summed E-state index contributed by atoms with van der Waals surface area (Å²) < 4.78 is 28.1. The Kier molecular flexibility index (Phi) is 3.32. The van der Waals surface area contributed by atoms with Crippen LogP contribution < -0.4 is 0 Å². The van der Waals surface area contributed by atoms with E-state index in [0.717, 1.165) is 25.0 Å². The minimum Gasteiger partial charge on any atom is -0.448 e. The normalized spacial score (nSPS) is 24.6. The first kappa shape index (κ1) is 13.6. The smallest absolute Gasteiger partial charge is 0.217 e. The Labute approximate surface area is 109 Å². The van der Waals surface area contributed by atoms with E-state index in [9.17, 15) is 8.42 Å². The number of hydrogen-bond acceptors (Lipinski definition) is 4. The molecule has 5 heteroatoms. The maximum absolute atomic E-state index is 11.3. The highest BCUT2D eigenvalue weighted by Gasteiger charge is 2.35. The number of sulfone groups is 1. The molecule has 2 heterocycles. The third-order valence-electron chi connectivity index (χ3n) is 3.46. The van der Waals surface area contributed by atoms with E-state index in [0.29, 0.717) is 18.0 Å². The van der Waals surface area contributed by atoms with E-state index in [1.807, 2.05) is 0 Å². The Balaban J connectivity index is 2.09. The zero-order valence-electron chi connectivity index (χ0n) is 11.4. The lowest BCUT2D eigenvalue weighted by atomic mass is 9.91. The van der Waals surface area contributed by atoms with Gasteiger partial charge >= 0.3 is 0 Å². The van der Waals surface area contributed by atoms with Gasteiger partial charge in [0.15, 0.2) is 0 Å². The Bertz CT molecular complexity index is 530. The van der Waals surface area contributed by atoms with Crippen LogP contribution in [0.15, 0.2) is 21.6 Å². The Morgan fingerprint density at radius 2 is 2.11 bits per heavy atom. The summed E-state index contributed by atoms with van der Waals surface area (Å²) in [6.45, 7) is 8.42. The third kappa shape index (κ3) is 2.95. The second-order valence-corrected chi connectivity index (χ2v) is 8.06. The van der Waals surface area contributed by atoms with Gasteiger partial charge in [0.1, 0.15) is 5.76 Å². The summed E-state index contributed by atoms with van der Waals surface area (Å²) in [6.07, 6.45) is 2.32. The molecule has 1 aromatic rings. The molecule has 0 aliphatic carbocycles. The van der Waals surface area contributed by atoms with Gasteiger partial charge in [-0.15, -0.1) is 0 Å². The summed E-state index contributed by atoms with van der Waals surface area (Å²) in [5.74, 6) is 0.722. The van der Waals surface area contributed by atoms with E-state index in [1.165, 1.54) is 6.07 Å². The molecule has 1 aromatic heterocycles. The largest absolute Gasteiger partial charge is 0.448 e. The molecule has 0 bridgehead atoms. The first-order valence-corrected chi connectivity index (χ1v) is 8.09. The van der Waals surface area contributed by atoms with E-state index in [2.05, 4.69) is 25.7 Å². The van der Waals surface area contributed by atoms with Crippen LogP contribution in [0.4, 0.5) is 0 Å². The summed E-state index contributed by atoms with van der Waals surface area (Å²) in [5, 5.41) is 0.0589. The first-order chi connectivity index (χ1) is 8.17. The van der Waals surface area contributed by atoms with Crippen molar-refractivity contribution in [3.63, 3.8) is 0 Å². The number of rotatable bonds is 3. The fraction of sp³-hybridized carbons (Fsp3) is 0.692. The summed E-state index contributed by atoms with van der Waals surface area (Å²) in [4.78, 5) is 2.34. The molecular weight excluding hydrogens is 250 g/mol. The lowest BCUT2D eigenvalue weighted by molar-refractivity contribution is 0.219. The van der Waals surface area contributed by atoms with Crippen molar-refractivity contribution in [1.29, 1.82) is 0 Å². The molecule has 0 amide bonds. The molecule has 0 spiro atoms. The van der Waals surface area contributed by atoms with Crippen LogP contribution in [0.1, 0.15) is 33.0 Å². The van der Waals surface area contributed by atoms with Gasteiger partial charge in [0.2, 0.25) is 14.9 Å². The summed E-state index contributed by atoms with van der Waals surface area (Å²) in [6, 6.07) is 3.80. The second kappa shape index (κ2) is 4.38. The van der Waals surface area contributed by atoms with Gasteiger partial charge in [-0.25, -0.2) is 8.42 Å². The lowest BCUT2D eigenvalue weighted by Gasteiger charge is -2.20. The molecule has 102 valence electrons. The van der Waals surface area contributed by atoms with Crippen LogP contribution in [0.25, 0.3) is 0 Å². The molecule has 2 rings (SSSR count). The zero-order chi connectivity index (χ0) is 13.6. The Morgan fingerprint density at radius 1 is 1.44 bits per heavy atom. The summed E-state index contributed by atoms with van der Waals surface area (Å²) in [5.41, 5.74) is 0.325. The van der Waals surface area contributed by atoms with Crippen molar-refractivity contribution in [1.82, 2.24) is 4.90 Å². The fourth-order valence-electron chi connectivity index (χ4n) is 2.75. The highest BCUT2D eigenvalue weighted by molar-refractivity contribution is 7.90. The van der Waals surface area contributed by atoms with E-state index >= 15 is 0 Å². The lowest BCUT2D eigenvalue weighted by Crippen LogP contribution is -2.27. The van der Waals surface area contributed by atoms with Crippen molar-refractivity contribution in [3.05, 3.63) is 17.9 Å². The molecular formula is C13H21NO3S. The minimum absolute atomic E-state index is 0.0589. The zero-order valence-corrected chi connectivity index (χ0v) is 12.3. The Hall–Kier alpha value is -0.810. The molecule has 1 atom stereocenters. The van der Waals surface area contributed by atoms with Gasteiger partial charge in [0.05, 0.1) is 6.54 Å². The van der Waals surface area contributed by atoms with Crippen LogP contribution in [0.2, 0.25) is 0 Å². The van der Waals surface area contributed by atoms with E-state index in [-0.39, 0.29) is 5.09 Å². The first-order valence-electron chi connectivity index (χ1n) is 6.20. The second-order valence-electron chi connectivity index (χ2n) is 6.12. The molecule has 1 aliphatic heterocycles. The maximum Gasteiger partial charge on any atom is 0.217 e. The molecule has 4 nitrogen and oxygen atoms in total. The maximum atomic E-state index is 11.3. The third-order valence-corrected chi connectivity index (χ3v) is 4.41. The molecule has 1 fully saturated rings. The number of likely N-dealkylation sites (tertiary alicyclic amines) is 1. The topological polar surface area (TPSA) is 50.5 Å². The monoisotopic (exact) mass is 271 g/mol. The van der Waals surface area contributed by atoms with E-state index in [4.69, 9.17) is 4.42 Å². The summed E-state index contributed by atoms with van der Waals surface area (Å²) in [7, 11) is -3.24. The van der Waals surface area contributed by atoms with Crippen molar-refractivity contribution in [2.75, 3.05) is 12.8 Å². The van der Waals surface area contributed by atoms with Gasteiger partial charge in [-0.1, -0.05) is 13.8 Å². The van der Waals surface area contributed by atoms with Crippen LogP contribution in [0.5, 0.6) is 0 Å². The van der Waals surface area contributed by atoms with Gasteiger partial charge in [-0.3, -0.25) is 4.90 Å². The highest BCUT2D eigenvalue weighted by atomic mass is 32.2.